The fourth-order valence-corrected chi connectivity index (χ4v) is 2.73. The summed E-state index contributed by atoms with van der Waals surface area (Å²) in [5, 5.41) is 2.96. The quantitative estimate of drug-likeness (QED) is 0.570. The molecule has 0 spiro atoms. The second-order valence-corrected chi connectivity index (χ2v) is 6.49. The summed E-state index contributed by atoms with van der Waals surface area (Å²) in [6.45, 7) is 10.3. The minimum Gasteiger partial charge on any atom is -0.321 e. The molecule has 1 rings (SSSR count). The fourth-order valence-electron chi connectivity index (χ4n) is 2.73. The van der Waals surface area contributed by atoms with Gasteiger partial charge in [-0.2, -0.15) is 0 Å². The molecule has 124 valence electrons. The van der Waals surface area contributed by atoms with Gasteiger partial charge < -0.3 is 9.80 Å². The number of amides is 1. The number of halogens is 1. The number of quaternary nitrogens is 1. The van der Waals surface area contributed by atoms with Crippen molar-refractivity contribution in [3.63, 3.8) is 0 Å². The predicted octanol–water partition coefficient (Wildman–Crippen LogP) is 4.04. The third-order valence-corrected chi connectivity index (χ3v) is 4.35. The van der Waals surface area contributed by atoms with Crippen LogP contribution in [0.4, 0.5) is 10.1 Å². The number of rotatable bonds is 8. The molecular weight excluding hydrogens is 279 g/mol. The fraction of sp³-hybridized carbons (Fsp3) is 0.611. The third-order valence-electron chi connectivity index (χ3n) is 4.35. The van der Waals surface area contributed by atoms with Crippen LogP contribution in [0.25, 0.3) is 0 Å². The Hall–Kier alpha value is -1.42. The summed E-state index contributed by atoms with van der Waals surface area (Å²) in [6.07, 6.45) is 3.53. The van der Waals surface area contributed by atoms with Gasteiger partial charge in [0.25, 0.3) is 5.91 Å². The molecule has 0 aliphatic heterocycles. The molecule has 0 bridgehead atoms. The van der Waals surface area contributed by atoms with E-state index in [9.17, 15) is 9.18 Å². The Morgan fingerprint density at radius 2 is 1.77 bits per heavy atom. The molecule has 1 amide bonds. The Morgan fingerprint density at radius 1 is 1.18 bits per heavy atom. The van der Waals surface area contributed by atoms with E-state index in [1.807, 2.05) is 13.8 Å². The second-order valence-electron chi connectivity index (χ2n) is 6.49. The summed E-state index contributed by atoms with van der Waals surface area (Å²) in [4.78, 5) is 12.4. The van der Waals surface area contributed by atoms with Gasteiger partial charge in [0.1, 0.15) is 5.82 Å². The van der Waals surface area contributed by atoms with Crippen LogP contribution >= 0.6 is 0 Å². The van der Waals surface area contributed by atoms with Crippen LogP contribution in [0, 0.1) is 19.7 Å². The number of carbonyl (C=O) groups excluding carboxylic acids is 1. The number of nitrogens with one attached hydrogen (secondary N) is 1. The maximum atomic E-state index is 13.3. The Balaban J connectivity index is 2.72. The van der Waals surface area contributed by atoms with Crippen LogP contribution < -0.4 is 5.32 Å². The van der Waals surface area contributed by atoms with Gasteiger partial charge in [0.2, 0.25) is 0 Å². The summed E-state index contributed by atoms with van der Waals surface area (Å²) in [5.41, 5.74) is 2.27. The smallest absolute Gasteiger partial charge is 0.279 e. The zero-order valence-corrected chi connectivity index (χ0v) is 14.6. The van der Waals surface area contributed by atoms with Gasteiger partial charge in [0, 0.05) is 5.69 Å². The molecular formula is C18H30FN2O+. The van der Waals surface area contributed by atoms with Crippen molar-refractivity contribution >= 4 is 11.6 Å². The van der Waals surface area contributed by atoms with Crippen LogP contribution in [0.1, 0.15) is 44.2 Å². The van der Waals surface area contributed by atoms with E-state index in [2.05, 4.69) is 26.2 Å². The van der Waals surface area contributed by atoms with Crippen LogP contribution in [0.3, 0.4) is 0 Å². The molecule has 0 fully saturated rings. The number of unbranched alkanes of at least 4 members (excludes halogenated alkanes) is 2. The van der Waals surface area contributed by atoms with Crippen molar-refractivity contribution in [2.45, 2.75) is 47.0 Å². The number of carbonyl (C=O) groups is 1. The first-order valence-electron chi connectivity index (χ1n) is 8.21. The Labute approximate surface area is 134 Å². The zero-order valence-electron chi connectivity index (χ0n) is 14.6. The van der Waals surface area contributed by atoms with Crippen LogP contribution in [-0.4, -0.2) is 37.1 Å². The highest BCUT2D eigenvalue weighted by atomic mass is 19.1. The zero-order chi connectivity index (χ0) is 16.8. The molecule has 1 N–H and O–H groups in total. The van der Waals surface area contributed by atoms with Gasteiger partial charge in [0.15, 0.2) is 6.54 Å². The summed E-state index contributed by atoms with van der Waals surface area (Å²) in [5.74, 6) is -0.264. The number of hydrogen-bond donors (Lipinski definition) is 1. The maximum absolute atomic E-state index is 13.3. The molecule has 1 aromatic carbocycles. The molecule has 22 heavy (non-hydrogen) atoms. The van der Waals surface area contributed by atoms with E-state index in [-0.39, 0.29) is 11.7 Å². The predicted molar refractivity (Wildman–Crippen MR) is 90.5 cm³/mol. The van der Waals surface area contributed by atoms with Crippen LogP contribution in [-0.2, 0) is 4.79 Å². The number of nitrogens with zero attached hydrogens (tertiary/aromatic N) is 1. The normalized spacial score (nSPS) is 13.7. The van der Waals surface area contributed by atoms with Crippen LogP contribution in [0.5, 0.6) is 0 Å². The highest BCUT2D eigenvalue weighted by molar-refractivity contribution is 5.93. The molecule has 0 heterocycles. The van der Waals surface area contributed by atoms with Gasteiger partial charge >= 0.3 is 0 Å². The molecule has 0 aliphatic rings. The summed E-state index contributed by atoms with van der Waals surface area (Å²) >= 11 is 0. The lowest BCUT2D eigenvalue weighted by Gasteiger charge is -2.33. The molecule has 0 aliphatic carbocycles. The molecule has 0 saturated carbocycles. The molecule has 1 aromatic rings. The summed E-state index contributed by atoms with van der Waals surface area (Å²) < 4.78 is 14.1. The first-order chi connectivity index (χ1) is 10.3. The summed E-state index contributed by atoms with van der Waals surface area (Å²) in [6, 6.07) is 2.91. The van der Waals surface area contributed by atoms with Crippen molar-refractivity contribution in [3.05, 3.63) is 29.1 Å². The Bertz CT molecular complexity index is 493. The van der Waals surface area contributed by atoms with Crippen LogP contribution in [0.2, 0.25) is 0 Å². The SMILES string of the molecule is CCCCC[N+](C)(CC)CC(=O)Nc1c(C)cc(F)cc1C. The van der Waals surface area contributed by atoms with Gasteiger partial charge in [-0.15, -0.1) is 0 Å². The number of benzene rings is 1. The minimum absolute atomic E-state index is 0.00124. The first-order valence-corrected chi connectivity index (χ1v) is 8.21. The van der Waals surface area contributed by atoms with Crippen molar-refractivity contribution in [3.8, 4) is 0 Å². The van der Waals surface area contributed by atoms with E-state index < -0.39 is 0 Å². The lowest BCUT2D eigenvalue weighted by atomic mass is 10.1. The molecule has 3 nitrogen and oxygen atoms in total. The third kappa shape index (κ3) is 5.41. The van der Waals surface area contributed by atoms with E-state index in [4.69, 9.17) is 0 Å². The van der Waals surface area contributed by atoms with E-state index in [0.29, 0.717) is 6.54 Å². The topological polar surface area (TPSA) is 29.1 Å². The standard InChI is InChI=1S/C18H29FN2O/c1-6-8-9-10-21(5,7-2)13-17(22)20-18-14(3)11-16(19)12-15(18)4/h11-12H,6-10,13H2,1-5H3/p+1. The lowest BCUT2D eigenvalue weighted by molar-refractivity contribution is -0.900. The molecule has 1 unspecified atom stereocenters. The number of anilines is 1. The Morgan fingerprint density at radius 3 is 2.27 bits per heavy atom. The minimum atomic E-state index is -0.262. The van der Waals surface area contributed by atoms with E-state index in [0.717, 1.165) is 40.8 Å². The number of likely N-dealkylation sites (N-methyl/N-ethyl adjacent to an activating group) is 1. The Kier molecular flexibility index (Phi) is 7.01. The average Bonchev–Trinajstić information content (AvgIpc) is 2.43. The van der Waals surface area contributed by atoms with Gasteiger partial charge in [-0.05, 0) is 56.9 Å². The van der Waals surface area contributed by atoms with Crippen molar-refractivity contribution in [1.29, 1.82) is 0 Å². The van der Waals surface area contributed by atoms with Crippen LogP contribution in [0.15, 0.2) is 12.1 Å². The van der Waals surface area contributed by atoms with Gasteiger partial charge in [0.05, 0.1) is 20.1 Å². The van der Waals surface area contributed by atoms with Gasteiger partial charge in [-0.1, -0.05) is 13.3 Å². The first kappa shape index (κ1) is 18.6. The van der Waals surface area contributed by atoms with E-state index >= 15 is 0 Å². The van der Waals surface area contributed by atoms with Crippen molar-refractivity contribution in [2.24, 2.45) is 0 Å². The molecule has 0 aromatic heterocycles. The number of hydrogen-bond acceptors (Lipinski definition) is 1. The van der Waals surface area contributed by atoms with Crippen molar-refractivity contribution < 1.29 is 13.7 Å². The number of aryl methyl sites for hydroxylation is 2. The van der Waals surface area contributed by atoms with Crippen molar-refractivity contribution in [2.75, 3.05) is 32.0 Å². The maximum Gasteiger partial charge on any atom is 0.279 e. The summed E-state index contributed by atoms with van der Waals surface area (Å²) in [7, 11) is 2.12. The lowest BCUT2D eigenvalue weighted by Crippen LogP contribution is -2.49. The second kappa shape index (κ2) is 8.28. The highest BCUT2D eigenvalue weighted by Gasteiger charge is 2.23. The highest BCUT2D eigenvalue weighted by Crippen LogP contribution is 2.21. The average molecular weight is 309 g/mol. The molecule has 0 radical (unpaired) electrons. The molecule has 0 saturated heterocycles. The largest absolute Gasteiger partial charge is 0.321 e. The van der Waals surface area contributed by atoms with E-state index in [1.165, 1.54) is 25.0 Å². The van der Waals surface area contributed by atoms with Crippen molar-refractivity contribution in [1.82, 2.24) is 0 Å². The monoisotopic (exact) mass is 309 g/mol. The van der Waals surface area contributed by atoms with E-state index in [1.54, 1.807) is 0 Å². The van der Waals surface area contributed by atoms with Gasteiger partial charge in [-0.3, -0.25) is 4.79 Å². The molecule has 4 heteroatoms. The molecule has 1 atom stereocenters. The van der Waals surface area contributed by atoms with Gasteiger partial charge in [-0.25, -0.2) is 4.39 Å².